The SMILES string of the molecule is COc1cccc(NC(=O)c2ccc(N3C(=O)[C@@H]4[C@H](C)C=CC[C@H]4C3=O)cc2)c1. The first kappa shape index (κ1) is 18.9. The van der Waals surface area contributed by atoms with Crippen LogP contribution in [0.2, 0.25) is 0 Å². The normalized spacial score (nSPS) is 23.1. The number of rotatable bonds is 4. The van der Waals surface area contributed by atoms with Gasteiger partial charge in [-0.3, -0.25) is 19.3 Å². The Morgan fingerprint density at radius 3 is 2.55 bits per heavy atom. The first-order valence-corrected chi connectivity index (χ1v) is 9.59. The van der Waals surface area contributed by atoms with Crippen molar-refractivity contribution in [3.05, 3.63) is 66.2 Å². The van der Waals surface area contributed by atoms with Crippen LogP contribution in [0.4, 0.5) is 11.4 Å². The number of allylic oxidation sites excluding steroid dienone is 2. The second kappa shape index (κ2) is 7.54. The van der Waals surface area contributed by atoms with Gasteiger partial charge in [0.15, 0.2) is 0 Å². The maximum atomic E-state index is 12.9. The predicted molar refractivity (Wildman–Crippen MR) is 110 cm³/mol. The molecule has 0 bridgehead atoms. The highest BCUT2D eigenvalue weighted by Crippen LogP contribution is 2.40. The Morgan fingerprint density at radius 2 is 1.86 bits per heavy atom. The van der Waals surface area contributed by atoms with Gasteiger partial charge in [0.25, 0.3) is 5.91 Å². The smallest absolute Gasteiger partial charge is 0.255 e. The number of nitrogens with one attached hydrogen (secondary N) is 1. The minimum atomic E-state index is -0.302. The zero-order valence-corrected chi connectivity index (χ0v) is 16.3. The lowest BCUT2D eigenvalue weighted by atomic mass is 9.78. The fourth-order valence-corrected chi connectivity index (χ4v) is 4.07. The summed E-state index contributed by atoms with van der Waals surface area (Å²) in [5, 5.41) is 2.81. The van der Waals surface area contributed by atoms with Gasteiger partial charge in [-0.2, -0.15) is 0 Å². The Labute approximate surface area is 169 Å². The summed E-state index contributed by atoms with van der Waals surface area (Å²) < 4.78 is 5.16. The summed E-state index contributed by atoms with van der Waals surface area (Å²) in [5.41, 5.74) is 1.55. The number of benzene rings is 2. The Kier molecular flexibility index (Phi) is 4.92. The molecule has 2 aliphatic rings. The van der Waals surface area contributed by atoms with Crippen LogP contribution in [-0.2, 0) is 9.59 Å². The van der Waals surface area contributed by atoms with Gasteiger partial charge in [-0.05, 0) is 48.7 Å². The van der Waals surface area contributed by atoms with E-state index < -0.39 is 0 Å². The summed E-state index contributed by atoms with van der Waals surface area (Å²) >= 11 is 0. The number of ether oxygens (including phenoxy) is 1. The standard InChI is InChI=1S/C23H22N2O4/c1-14-5-3-8-19-20(14)23(28)25(22(19)27)17-11-9-15(10-12-17)21(26)24-16-6-4-7-18(13-16)29-2/h3-7,9-14,19-20H,8H2,1-2H3,(H,24,26)/t14-,19-,20-/m1/s1. The summed E-state index contributed by atoms with van der Waals surface area (Å²) in [6.45, 7) is 1.97. The molecule has 1 aliphatic carbocycles. The van der Waals surface area contributed by atoms with Gasteiger partial charge in [-0.15, -0.1) is 0 Å². The molecule has 0 radical (unpaired) electrons. The van der Waals surface area contributed by atoms with E-state index in [9.17, 15) is 14.4 Å². The summed E-state index contributed by atoms with van der Waals surface area (Å²) in [7, 11) is 1.56. The minimum absolute atomic E-state index is 0.0446. The second-order valence-corrected chi connectivity index (χ2v) is 7.40. The number of fused-ring (bicyclic) bond motifs is 1. The van der Waals surface area contributed by atoms with Crippen LogP contribution in [0.1, 0.15) is 23.7 Å². The first-order chi connectivity index (χ1) is 14.0. The highest BCUT2D eigenvalue weighted by molar-refractivity contribution is 6.22. The van der Waals surface area contributed by atoms with E-state index in [0.717, 1.165) is 0 Å². The number of hydrogen-bond donors (Lipinski definition) is 1. The highest BCUT2D eigenvalue weighted by Gasteiger charge is 2.50. The summed E-state index contributed by atoms with van der Waals surface area (Å²) in [5.74, 6) is -0.509. The monoisotopic (exact) mass is 390 g/mol. The van der Waals surface area contributed by atoms with Crippen LogP contribution < -0.4 is 15.0 Å². The fourth-order valence-electron chi connectivity index (χ4n) is 4.07. The predicted octanol–water partition coefficient (Wildman–Crippen LogP) is 3.65. The number of amides is 3. The molecular formula is C23H22N2O4. The lowest BCUT2D eigenvalue weighted by Gasteiger charge is -2.22. The van der Waals surface area contributed by atoms with E-state index in [1.807, 2.05) is 19.1 Å². The number of hydrogen-bond acceptors (Lipinski definition) is 4. The molecule has 2 aromatic carbocycles. The molecule has 3 amide bonds. The zero-order valence-electron chi connectivity index (χ0n) is 16.3. The van der Waals surface area contributed by atoms with Crippen LogP contribution in [0, 0.1) is 17.8 Å². The van der Waals surface area contributed by atoms with E-state index in [-0.39, 0.29) is 35.5 Å². The van der Waals surface area contributed by atoms with Crippen molar-refractivity contribution in [3.63, 3.8) is 0 Å². The van der Waals surface area contributed by atoms with Crippen molar-refractivity contribution in [1.82, 2.24) is 0 Å². The Balaban J connectivity index is 1.51. The van der Waals surface area contributed by atoms with Crippen LogP contribution >= 0.6 is 0 Å². The van der Waals surface area contributed by atoms with Crippen molar-refractivity contribution in [3.8, 4) is 5.75 Å². The molecule has 1 saturated heterocycles. The van der Waals surface area contributed by atoms with Crippen molar-refractivity contribution >= 4 is 29.1 Å². The number of anilines is 2. The Morgan fingerprint density at radius 1 is 1.10 bits per heavy atom. The van der Waals surface area contributed by atoms with E-state index in [1.165, 1.54) is 4.90 Å². The molecule has 0 aromatic heterocycles. The molecule has 1 N–H and O–H groups in total. The van der Waals surface area contributed by atoms with Gasteiger partial charge in [0, 0.05) is 17.3 Å². The van der Waals surface area contributed by atoms with Gasteiger partial charge in [0.1, 0.15) is 5.75 Å². The lowest BCUT2D eigenvalue weighted by molar-refractivity contribution is -0.122. The van der Waals surface area contributed by atoms with Gasteiger partial charge in [0.2, 0.25) is 11.8 Å². The topological polar surface area (TPSA) is 75.7 Å². The van der Waals surface area contributed by atoms with Crippen LogP contribution in [0.5, 0.6) is 5.75 Å². The molecule has 1 fully saturated rings. The molecule has 3 atom stereocenters. The maximum absolute atomic E-state index is 12.9. The molecule has 0 saturated carbocycles. The van der Waals surface area contributed by atoms with E-state index in [1.54, 1.807) is 55.6 Å². The van der Waals surface area contributed by atoms with Crippen molar-refractivity contribution < 1.29 is 19.1 Å². The average Bonchev–Trinajstić information content (AvgIpc) is 2.99. The Hall–Kier alpha value is -3.41. The van der Waals surface area contributed by atoms with Crippen molar-refractivity contribution in [2.45, 2.75) is 13.3 Å². The molecule has 6 heteroatoms. The maximum Gasteiger partial charge on any atom is 0.255 e. The van der Waals surface area contributed by atoms with Crippen molar-refractivity contribution in [2.75, 3.05) is 17.3 Å². The lowest BCUT2D eigenvalue weighted by Crippen LogP contribution is -2.31. The third-order valence-electron chi connectivity index (χ3n) is 5.59. The molecular weight excluding hydrogens is 368 g/mol. The molecule has 2 aromatic rings. The van der Waals surface area contributed by atoms with Gasteiger partial charge in [0.05, 0.1) is 24.6 Å². The number of carbonyl (C=O) groups excluding carboxylic acids is 3. The first-order valence-electron chi connectivity index (χ1n) is 9.59. The number of nitrogens with zero attached hydrogens (tertiary/aromatic N) is 1. The Bertz CT molecular complexity index is 996. The van der Waals surface area contributed by atoms with Crippen molar-refractivity contribution in [1.29, 1.82) is 0 Å². The van der Waals surface area contributed by atoms with Gasteiger partial charge >= 0.3 is 0 Å². The van der Waals surface area contributed by atoms with E-state index in [2.05, 4.69) is 5.32 Å². The van der Waals surface area contributed by atoms with Crippen LogP contribution in [0.3, 0.4) is 0 Å². The van der Waals surface area contributed by atoms with Crippen LogP contribution in [0.15, 0.2) is 60.7 Å². The number of carbonyl (C=O) groups is 3. The number of methoxy groups -OCH3 is 1. The third kappa shape index (κ3) is 3.42. The molecule has 0 unspecified atom stereocenters. The van der Waals surface area contributed by atoms with E-state index in [0.29, 0.717) is 29.1 Å². The molecule has 0 spiro atoms. The number of imide groups is 1. The van der Waals surface area contributed by atoms with E-state index >= 15 is 0 Å². The van der Waals surface area contributed by atoms with Crippen molar-refractivity contribution in [2.24, 2.45) is 17.8 Å². The highest BCUT2D eigenvalue weighted by atomic mass is 16.5. The second-order valence-electron chi connectivity index (χ2n) is 7.40. The molecule has 4 rings (SSSR count). The van der Waals surface area contributed by atoms with E-state index in [4.69, 9.17) is 4.74 Å². The molecule has 6 nitrogen and oxygen atoms in total. The zero-order chi connectivity index (χ0) is 20.5. The molecule has 1 heterocycles. The van der Waals surface area contributed by atoms with Crippen LogP contribution in [0.25, 0.3) is 0 Å². The summed E-state index contributed by atoms with van der Waals surface area (Å²) in [6, 6.07) is 13.6. The van der Waals surface area contributed by atoms with Crippen LogP contribution in [-0.4, -0.2) is 24.8 Å². The largest absolute Gasteiger partial charge is 0.497 e. The quantitative estimate of drug-likeness (QED) is 0.639. The average molecular weight is 390 g/mol. The molecule has 29 heavy (non-hydrogen) atoms. The minimum Gasteiger partial charge on any atom is -0.497 e. The molecule has 148 valence electrons. The van der Waals surface area contributed by atoms with Gasteiger partial charge in [-0.1, -0.05) is 25.1 Å². The summed E-state index contributed by atoms with van der Waals surface area (Å²) in [4.78, 5) is 39.4. The third-order valence-corrected chi connectivity index (χ3v) is 5.59. The molecule has 1 aliphatic heterocycles. The summed E-state index contributed by atoms with van der Waals surface area (Å²) in [6.07, 6.45) is 4.57. The van der Waals surface area contributed by atoms with Gasteiger partial charge < -0.3 is 10.1 Å². The van der Waals surface area contributed by atoms with Gasteiger partial charge in [-0.25, -0.2) is 0 Å². The fraction of sp³-hybridized carbons (Fsp3) is 0.261.